The first kappa shape index (κ1) is 15.5. The monoisotopic (exact) mass is 274 g/mol. The van der Waals surface area contributed by atoms with Gasteiger partial charge in [-0.15, -0.1) is 0 Å². The molecule has 0 spiro atoms. The van der Waals surface area contributed by atoms with Crippen molar-refractivity contribution in [3.05, 3.63) is 35.4 Å². The minimum Gasteiger partial charge on any atom is -0.329 e. The van der Waals surface area contributed by atoms with Gasteiger partial charge in [0.2, 0.25) is 0 Å². The summed E-state index contributed by atoms with van der Waals surface area (Å²) in [6, 6.07) is 9.88. The molecule has 1 fully saturated rings. The maximum absolute atomic E-state index is 6.13. The topological polar surface area (TPSA) is 29.3 Å². The molecule has 0 radical (unpaired) electrons. The smallest absolute Gasteiger partial charge is 0.0473 e. The van der Waals surface area contributed by atoms with E-state index in [1.54, 1.807) is 0 Å². The zero-order valence-electron chi connectivity index (χ0n) is 13.1. The molecule has 20 heavy (non-hydrogen) atoms. The summed E-state index contributed by atoms with van der Waals surface area (Å²) >= 11 is 0. The molecule has 2 heteroatoms. The SMILES string of the molecule is CCc1ccccc1C(CN)N(C)C1CCCCCC1. The van der Waals surface area contributed by atoms with E-state index in [4.69, 9.17) is 5.73 Å². The molecule has 1 saturated carbocycles. The van der Waals surface area contributed by atoms with Crippen LogP contribution in [0.4, 0.5) is 0 Å². The van der Waals surface area contributed by atoms with Crippen LogP contribution < -0.4 is 5.73 Å². The number of benzene rings is 1. The summed E-state index contributed by atoms with van der Waals surface area (Å²) < 4.78 is 0. The van der Waals surface area contributed by atoms with Crippen molar-refractivity contribution in [2.75, 3.05) is 13.6 Å². The van der Waals surface area contributed by atoms with Crippen LogP contribution in [0, 0.1) is 0 Å². The summed E-state index contributed by atoms with van der Waals surface area (Å²) in [6.07, 6.45) is 9.32. The Morgan fingerprint density at radius 3 is 2.40 bits per heavy atom. The van der Waals surface area contributed by atoms with Gasteiger partial charge in [-0.3, -0.25) is 4.90 Å². The molecule has 0 bridgehead atoms. The van der Waals surface area contributed by atoms with Crippen LogP contribution in [0.1, 0.15) is 62.6 Å². The molecular weight excluding hydrogens is 244 g/mol. The fraction of sp³-hybridized carbons (Fsp3) is 0.667. The number of aryl methyl sites for hydroxylation is 1. The average Bonchev–Trinajstić information content (AvgIpc) is 2.77. The zero-order valence-corrected chi connectivity index (χ0v) is 13.1. The Balaban J connectivity index is 2.17. The first-order valence-corrected chi connectivity index (χ1v) is 8.27. The Kier molecular flexibility index (Phi) is 6.06. The van der Waals surface area contributed by atoms with E-state index in [0.29, 0.717) is 18.6 Å². The van der Waals surface area contributed by atoms with E-state index in [9.17, 15) is 0 Å². The van der Waals surface area contributed by atoms with Crippen LogP contribution in [0.15, 0.2) is 24.3 Å². The first-order valence-electron chi connectivity index (χ1n) is 8.27. The predicted octanol–water partition coefficient (Wildman–Crippen LogP) is 3.90. The van der Waals surface area contributed by atoms with E-state index in [-0.39, 0.29) is 0 Å². The number of likely N-dealkylation sites (N-methyl/N-ethyl adjacent to an activating group) is 1. The third kappa shape index (κ3) is 3.62. The molecule has 1 aromatic rings. The molecule has 2 N–H and O–H groups in total. The van der Waals surface area contributed by atoms with Crippen LogP contribution in [0.2, 0.25) is 0 Å². The molecule has 0 aromatic heterocycles. The van der Waals surface area contributed by atoms with Crippen molar-refractivity contribution in [3.8, 4) is 0 Å². The maximum atomic E-state index is 6.13. The van der Waals surface area contributed by atoms with Crippen molar-refractivity contribution in [3.63, 3.8) is 0 Å². The van der Waals surface area contributed by atoms with E-state index in [1.165, 1.54) is 49.7 Å². The van der Waals surface area contributed by atoms with Crippen LogP contribution in [-0.4, -0.2) is 24.5 Å². The lowest BCUT2D eigenvalue weighted by molar-refractivity contribution is 0.161. The molecule has 2 nitrogen and oxygen atoms in total. The standard InChI is InChI=1S/C18H30N2/c1-3-15-10-8-9-13-17(15)18(14-19)20(2)16-11-6-4-5-7-12-16/h8-10,13,16,18H,3-7,11-12,14,19H2,1-2H3. The van der Waals surface area contributed by atoms with Crippen molar-refractivity contribution in [1.29, 1.82) is 0 Å². The van der Waals surface area contributed by atoms with Gasteiger partial charge in [0.1, 0.15) is 0 Å². The molecule has 0 heterocycles. The van der Waals surface area contributed by atoms with Gasteiger partial charge < -0.3 is 5.73 Å². The fourth-order valence-corrected chi connectivity index (χ4v) is 3.61. The second-order valence-corrected chi connectivity index (χ2v) is 6.11. The third-order valence-corrected chi connectivity index (χ3v) is 4.91. The lowest BCUT2D eigenvalue weighted by atomic mass is 9.95. The molecule has 0 aliphatic heterocycles. The number of hydrogen-bond acceptors (Lipinski definition) is 2. The first-order chi connectivity index (χ1) is 9.77. The quantitative estimate of drug-likeness (QED) is 0.825. The number of nitrogens with zero attached hydrogens (tertiary/aromatic N) is 1. The minimum absolute atomic E-state index is 0.370. The molecular formula is C18H30N2. The van der Waals surface area contributed by atoms with E-state index in [0.717, 1.165) is 6.42 Å². The van der Waals surface area contributed by atoms with Gasteiger partial charge in [0.25, 0.3) is 0 Å². The van der Waals surface area contributed by atoms with Gasteiger partial charge in [0, 0.05) is 18.6 Å². The van der Waals surface area contributed by atoms with Crippen molar-refractivity contribution in [2.45, 2.75) is 64.0 Å². The number of nitrogens with two attached hydrogens (primary N) is 1. The lowest BCUT2D eigenvalue weighted by Gasteiger charge is -2.35. The summed E-state index contributed by atoms with van der Waals surface area (Å²) in [5, 5.41) is 0. The van der Waals surface area contributed by atoms with Crippen LogP contribution in [0.5, 0.6) is 0 Å². The summed E-state index contributed by atoms with van der Waals surface area (Å²) in [5.41, 5.74) is 9.02. The highest BCUT2D eigenvalue weighted by Gasteiger charge is 2.25. The molecule has 1 unspecified atom stereocenters. The Morgan fingerprint density at radius 1 is 1.15 bits per heavy atom. The van der Waals surface area contributed by atoms with E-state index in [2.05, 4.69) is 43.1 Å². The highest BCUT2D eigenvalue weighted by Crippen LogP contribution is 2.29. The summed E-state index contributed by atoms with van der Waals surface area (Å²) in [6.45, 7) is 2.95. The fourth-order valence-electron chi connectivity index (χ4n) is 3.61. The highest BCUT2D eigenvalue weighted by atomic mass is 15.2. The molecule has 0 amide bonds. The third-order valence-electron chi connectivity index (χ3n) is 4.91. The molecule has 2 rings (SSSR count). The molecule has 1 aliphatic carbocycles. The molecule has 1 atom stereocenters. The molecule has 1 aliphatic rings. The Morgan fingerprint density at radius 2 is 1.80 bits per heavy atom. The Bertz CT molecular complexity index is 394. The lowest BCUT2D eigenvalue weighted by Crippen LogP contribution is -2.38. The predicted molar refractivity (Wildman–Crippen MR) is 86.9 cm³/mol. The van der Waals surface area contributed by atoms with Crippen LogP contribution >= 0.6 is 0 Å². The van der Waals surface area contributed by atoms with Gasteiger partial charge in [0.15, 0.2) is 0 Å². The maximum Gasteiger partial charge on any atom is 0.0473 e. The van der Waals surface area contributed by atoms with Gasteiger partial charge in [-0.05, 0) is 37.4 Å². The van der Waals surface area contributed by atoms with Gasteiger partial charge in [-0.1, -0.05) is 56.9 Å². The van der Waals surface area contributed by atoms with Crippen molar-refractivity contribution >= 4 is 0 Å². The van der Waals surface area contributed by atoms with Gasteiger partial charge in [0.05, 0.1) is 0 Å². The minimum atomic E-state index is 0.370. The number of hydrogen-bond donors (Lipinski definition) is 1. The van der Waals surface area contributed by atoms with Crippen molar-refractivity contribution < 1.29 is 0 Å². The second-order valence-electron chi connectivity index (χ2n) is 6.11. The highest BCUT2D eigenvalue weighted by molar-refractivity contribution is 5.30. The van der Waals surface area contributed by atoms with Crippen LogP contribution in [-0.2, 0) is 6.42 Å². The zero-order chi connectivity index (χ0) is 14.4. The number of rotatable bonds is 5. The van der Waals surface area contributed by atoms with E-state index < -0.39 is 0 Å². The Labute approximate surface area is 124 Å². The summed E-state index contributed by atoms with van der Waals surface area (Å²) in [4.78, 5) is 2.56. The van der Waals surface area contributed by atoms with Crippen LogP contribution in [0.3, 0.4) is 0 Å². The Hall–Kier alpha value is -0.860. The van der Waals surface area contributed by atoms with Crippen molar-refractivity contribution in [2.24, 2.45) is 5.73 Å². The van der Waals surface area contributed by atoms with Crippen molar-refractivity contribution in [1.82, 2.24) is 4.90 Å². The van der Waals surface area contributed by atoms with Crippen LogP contribution in [0.25, 0.3) is 0 Å². The van der Waals surface area contributed by atoms with E-state index in [1.807, 2.05) is 0 Å². The average molecular weight is 274 g/mol. The van der Waals surface area contributed by atoms with E-state index >= 15 is 0 Å². The molecule has 112 valence electrons. The summed E-state index contributed by atoms with van der Waals surface area (Å²) in [7, 11) is 2.28. The van der Waals surface area contributed by atoms with Gasteiger partial charge >= 0.3 is 0 Å². The van der Waals surface area contributed by atoms with Gasteiger partial charge in [-0.2, -0.15) is 0 Å². The normalized spacial score (nSPS) is 19.0. The largest absolute Gasteiger partial charge is 0.329 e. The molecule has 1 aromatic carbocycles. The molecule has 0 saturated heterocycles. The van der Waals surface area contributed by atoms with Gasteiger partial charge in [-0.25, -0.2) is 0 Å². The summed E-state index contributed by atoms with van der Waals surface area (Å²) in [5.74, 6) is 0. The second kappa shape index (κ2) is 7.80.